The molecule has 2 N–H and O–H groups in total. The summed E-state index contributed by atoms with van der Waals surface area (Å²) in [4.78, 5) is 11.3. The highest BCUT2D eigenvalue weighted by Gasteiger charge is 2.35. The maximum absolute atomic E-state index is 11.8. The molecule has 7 heteroatoms. The average molecular weight is 285 g/mol. The lowest BCUT2D eigenvalue weighted by atomic mass is 9.90. The SMILES string of the molecule is CCCNC(CC)(CCCOCC(F)(F)F)C(=O)O. The van der Waals surface area contributed by atoms with E-state index in [0.717, 1.165) is 6.42 Å². The third-order valence-corrected chi connectivity index (χ3v) is 2.88. The molecule has 0 saturated heterocycles. The fraction of sp³-hybridized carbons (Fsp3) is 0.917. The van der Waals surface area contributed by atoms with Gasteiger partial charge in [-0.2, -0.15) is 13.2 Å². The summed E-state index contributed by atoms with van der Waals surface area (Å²) < 4.78 is 40.0. The van der Waals surface area contributed by atoms with Gasteiger partial charge in [0.1, 0.15) is 12.1 Å². The fourth-order valence-electron chi connectivity index (χ4n) is 1.75. The molecule has 0 aromatic carbocycles. The van der Waals surface area contributed by atoms with Gasteiger partial charge in [-0.3, -0.25) is 4.79 Å². The molecule has 0 rings (SSSR count). The lowest BCUT2D eigenvalue weighted by Gasteiger charge is -2.29. The Morgan fingerprint density at radius 2 is 1.95 bits per heavy atom. The summed E-state index contributed by atoms with van der Waals surface area (Å²) in [5.74, 6) is -0.973. The normalized spacial score (nSPS) is 15.2. The van der Waals surface area contributed by atoms with Crippen LogP contribution in [0.15, 0.2) is 0 Å². The first kappa shape index (κ1) is 18.2. The molecule has 0 aliphatic carbocycles. The summed E-state index contributed by atoms with van der Waals surface area (Å²) in [5, 5.41) is 12.2. The van der Waals surface area contributed by atoms with Gasteiger partial charge >= 0.3 is 12.1 Å². The molecular weight excluding hydrogens is 263 g/mol. The summed E-state index contributed by atoms with van der Waals surface area (Å²) in [6.07, 6.45) is -2.65. The van der Waals surface area contributed by atoms with Crippen LogP contribution in [0, 0.1) is 0 Å². The van der Waals surface area contributed by atoms with Crippen molar-refractivity contribution in [2.75, 3.05) is 19.8 Å². The van der Waals surface area contributed by atoms with E-state index in [4.69, 9.17) is 0 Å². The Hall–Kier alpha value is -0.820. The summed E-state index contributed by atoms with van der Waals surface area (Å²) in [5.41, 5.74) is -1.07. The van der Waals surface area contributed by atoms with Gasteiger partial charge in [0.05, 0.1) is 0 Å². The van der Waals surface area contributed by atoms with E-state index in [1.54, 1.807) is 6.92 Å². The monoisotopic (exact) mass is 285 g/mol. The Morgan fingerprint density at radius 1 is 1.32 bits per heavy atom. The highest BCUT2D eigenvalue weighted by Crippen LogP contribution is 2.19. The average Bonchev–Trinajstić information content (AvgIpc) is 2.31. The van der Waals surface area contributed by atoms with Crippen molar-refractivity contribution in [2.45, 2.75) is 51.2 Å². The molecule has 0 saturated carbocycles. The maximum atomic E-state index is 11.8. The molecule has 0 amide bonds. The van der Waals surface area contributed by atoms with Gasteiger partial charge in [-0.25, -0.2) is 0 Å². The van der Waals surface area contributed by atoms with Crippen molar-refractivity contribution < 1.29 is 27.8 Å². The number of alkyl halides is 3. The zero-order valence-electron chi connectivity index (χ0n) is 11.3. The molecule has 0 aliphatic heterocycles. The summed E-state index contributed by atoms with van der Waals surface area (Å²) in [6.45, 7) is 2.84. The predicted molar refractivity (Wildman–Crippen MR) is 65.1 cm³/mol. The minimum Gasteiger partial charge on any atom is -0.480 e. The van der Waals surface area contributed by atoms with E-state index >= 15 is 0 Å². The van der Waals surface area contributed by atoms with Gasteiger partial charge in [-0.1, -0.05) is 13.8 Å². The molecular formula is C12H22F3NO3. The van der Waals surface area contributed by atoms with Crippen LogP contribution in [0.2, 0.25) is 0 Å². The van der Waals surface area contributed by atoms with Crippen molar-refractivity contribution in [3.63, 3.8) is 0 Å². The number of rotatable bonds is 10. The number of carbonyl (C=O) groups is 1. The standard InChI is InChI=1S/C12H22F3NO3/c1-3-7-16-11(4-2,10(17)18)6-5-8-19-9-12(13,14)15/h16H,3-9H2,1-2H3,(H,17,18). The number of carboxylic acids is 1. The van der Waals surface area contributed by atoms with Gasteiger partial charge < -0.3 is 15.2 Å². The lowest BCUT2D eigenvalue weighted by Crippen LogP contribution is -2.52. The second kappa shape index (κ2) is 8.37. The number of nitrogens with one attached hydrogen (secondary N) is 1. The molecule has 0 heterocycles. The predicted octanol–water partition coefficient (Wildman–Crippen LogP) is 2.58. The molecule has 0 aromatic rings. The summed E-state index contributed by atoms with van der Waals surface area (Å²) in [7, 11) is 0. The van der Waals surface area contributed by atoms with E-state index in [2.05, 4.69) is 10.1 Å². The third kappa shape index (κ3) is 7.37. The Balaban J connectivity index is 4.16. The van der Waals surface area contributed by atoms with E-state index in [9.17, 15) is 23.1 Å². The lowest BCUT2D eigenvalue weighted by molar-refractivity contribution is -0.174. The van der Waals surface area contributed by atoms with Crippen LogP contribution in [0.3, 0.4) is 0 Å². The maximum Gasteiger partial charge on any atom is 0.411 e. The van der Waals surface area contributed by atoms with E-state index < -0.39 is 24.3 Å². The molecule has 0 aliphatic rings. The van der Waals surface area contributed by atoms with Crippen molar-refractivity contribution in [3.8, 4) is 0 Å². The van der Waals surface area contributed by atoms with Gasteiger partial charge in [-0.15, -0.1) is 0 Å². The Bertz CT molecular complexity index is 271. The van der Waals surface area contributed by atoms with Crippen LogP contribution < -0.4 is 5.32 Å². The first-order chi connectivity index (χ1) is 8.77. The van der Waals surface area contributed by atoms with Crippen LogP contribution in [0.1, 0.15) is 39.5 Å². The summed E-state index contributed by atoms with van der Waals surface area (Å²) in [6, 6.07) is 0. The number of ether oxygens (including phenoxy) is 1. The second-order valence-corrected chi connectivity index (χ2v) is 4.44. The largest absolute Gasteiger partial charge is 0.480 e. The smallest absolute Gasteiger partial charge is 0.411 e. The quantitative estimate of drug-likeness (QED) is 0.606. The zero-order chi connectivity index (χ0) is 14.9. The number of aliphatic carboxylic acids is 1. The Morgan fingerprint density at radius 3 is 2.37 bits per heavy atom. The van der Waals surface area contributed by atoms with E-state index in [-0.39, 0.29) is 19.4 Å². The fourth-order valence-corrected chi connectivity index (χ4v) is 1.75. The van der Waals surface area contributed by atoms with E-state index in [1.165, 1.54) is 0 Å². The molecule has 1 atom stereocenters. The van der Waals surface area contributed by atoms with Crippen LogP contribution in [0.4, 0.5) is 13.2 Å². The van der Waals surface area contributed by atoms with Gasteiger partial charge in [0.25, 0.3) is 0 Å². The number of carboxylic acid groups (broad SMARTS) is 1. The Labute approximate surface area is 111 Å². The molecule has 0 fully saturated rings. The molecule has 0 aromatic heterocycles. The number of hydrogen-bond donors (Lipinski definition) is 2. The van der Waals surface area contributed by atoms with E-state index in [1.807, 2.05) is 6.92 Å². The minimum atomic E-state index is -4.34. The van der Waals surface area contributed by atoms with Gasteiger partial charge in [0, 0.05) is 6.61 Å². The van der Waals surface area contributed by atoms with Crippen LogP contribution in [-0.2, 0) is 9.53 Å². The highest BCUT2D eigenvalue weighted by molar-refractivity contribution is 5.78. The van der Waals surface area contributed by atoms with Gasteiger partial charge in [0.15, 0.2) is 0 Å². The number of hydrogen-bond acceptors (Lipinski definition) is 3. The first-order valence-electron chi connectivity index (χ1n) is 6.40. The summed E-state index contributed by atoms with van der Waals surface area (Å²) >= 11 is 0. The van der Waals surface area contributed by atoms with Gasteiger partial charge in [0.2, 0.25) is 0 Å². The van der Waals surface area contributed by atoms with Crippen molar-refractivity contribution in [3.05, 3.63) is 0 Å². The van der Waals surface area contributed by atoms with Crippen molar-refractivity contribution >= 4 is 5.97 Å². The van der Waals surface area contributed by atoms with Crippen LogP contribution in [0.25, 0.3) is 0 Å². The Kier molecular flexibility index (Phi) is 8.01. The molecule has 114 valence electrons. The third-order valence-electron chi connectivity index (χ3n) is 2.88. The van der Waals surface area contributed by atoms with Crippen molar-refractivity contribution in [2.24, 2.45) is 0 Å². The second-order valence-electron chi connectivity index (χ2n) is 4.44. The van der Waals surface area contributed by atoms with Crippen LogP contribution in [0.5, 0.6) is 0 Å². The first-order valence-corrected chi connectivity index (χ1v) is 6.40. The van der Waals surface area contributed by atoms with Crippen LogP contribution >= 0.6 is 0 Å². The molecule has 1 unspecified atom stereocenters. The number of halogens is 3. The molecule has 4 nitrogen and oxygen atoms in total. The van der Waals surface area contributed by atoms with Crippen LogP contribution in [-0.4, -0.2) is 42.5 Å². The van der Waals surface area contributed by atoms with Crippen molar-refractivity contribution in [1.82, 2.24) is 5.32 Å². The van der Waals surface area contributed by atoms with Crippen molar-refractivity contribution in [1.29, 1.82) is 0 Å². The van der Waals surface area contributed by atoms with Gasteiger partial charge in [-0.05, 0) is 32.2 Å². The topological polar surface area (TPSA) is 58.6 Å². The zero-order valence-corrected chi connectivity index (χ0v) is 11.3. The molecule has 0 radical (unpaired) electrons. The highest BCUT2D eigenvalue weighted by atomic mass is 19.4. The molecule has 19 heavy (non-hydrogen) atoms. The van der Waals surface area contributed by atoms with E-state index in [0.29, 0.717) is 13.0 Å². The molecule has 0 spiro atoms. The molecule has 0 bridgehead atoms. The minimum absolute atomic E-state index is 0.0949.